The highest BCUT2D eigenvalue weighted by Gasteiger charge is 2.25. The molecule has 1 atom stereocenters. The van der Waals surface area contributed by atoms with E-state index in [2.05, 4.69) is 33.4 Å². The zero-order valence-electron chi connectivity index (χ0n) is 13.3. The van der Waals surface area contributed by atoms with E-state index in [0.717, 1.165) is 35.6 Å². The van der Waals surface area contributed by atoms with E-state index in [4.69, 9.17) is 0 Å². The maximum absolute atomic E-state index is 12.5. The Balaban J connectivity index is 1.40. The molecule has 5 heteroatoms. The second-order valence-corrected chi connectivity index (χ2v) is 7.00. The summed E-state index contributed by atoms with van der Waals surface area (Å²) in [6, 6.07) is 14.6. The Bertz CT molecular complexity index is 841. The largest absolute Gasteiger partial charge is 0.351 e. The second-order valence-electron chi connectivity index (χ2n) is 6.13. The van der Waals surface area contributed by atoms with Gasteiger partial charge in [0.15, 0.2) is 5.13 Å². The quantitative estimate of drug-likeness (QED) is 0.795. The first kappa shape index (κ1) is 15.1. The summed E-state index contributed by atoms with van der Waals surface area (Å²) in [5.74, 6) is 0.0948. The van der Waals surface area contributed by atoms with Crippen LogP contribution in [0.25, 0.3) is 10.8 Å². The van der Waals surface area contributed by atoms with E-state index in [-0.39, 0.29) is 11.9 Å². The number of amides is 1. The van der Waals surface area contributed by atoms with Gasteiger partial charge in [-0.25, -0.2) is 4.98 Å². The molecule has 0 aliphatic carbocycles. The summed E-state index contributed by atoms with van der Waals surface area (Å²) in [7, 11) is 0. The molecule has 0 radical (unpaired) electrons. The summed E-state index contributed by atoms with van der Waals surface area (Å²) in [6.07, 6.45) is 3.22. The Hall–Kier alpha value is -2.40. The SMILES string of the molecule is O=C(Cc1cccc2ccccc12)NC1CCN(c2nccs2)C1. The van der Waals surface area contributed by atoms with E-state index < -0.39 is 0 Å². The zero-order chi connectivity index (χ0) is 16.4. The molecule has 1 saturated heterocycles. The Morgan fingerprint density at radius 3 is 3.00 bits per heavy atom. The lowest BCUT2D eigenvalue weighted by Crippen LogP contribution is -2.38. The van der Waals surface area contributed by atoms with E-state index in [9.17, 15) is 4.79 Å². The molecule has 1 unspecified atom stereocenters. The second kappa shape index (κ2) is 6.61. The van der Waals surface area contributed by atoms with Gasteiger partial charge in [0, 0.05) is 30.7 Å². The van der Waals surface area contributed by atoms with Crippen LogP contribution >= 0.6 is 11.3 Å². The Labute approximate surface area is 145 Å². The van der Waals surface area contributed by atoms with Gasteiger partial charge in [-0.3, -0.25) is 4.79 Å². The van der Waals surface area contributed by atoms with Crippen molar-refractivity contribution in [2.75, 3.05) is 18.0 Å². The fraction of sp³-hybridized carbons (Fsp3) is 0.263. The summed E-state index contributed by atoms with van der Waals surface area (Å²) in [6.45, 7) is 1.79. The zero-order valence-corrected chi connectivity index (χ0v) is 14.1. The van der Waals surface area contributed by atoms with Gasteiger partial charge in [0.05, 0.1) is 6.42 Å². The number of carbonyl (C=O) groups excluding carboxylic acids is 1. The highest BCUT2D eigenvalue weighted by Crippen LogP contribution is 2.23. The number of nitrogens with one attached hydrogen (secondary N) is 1. The van der Waals surface area contributed by atoms with Crippen molar-refractivity contribution >= 4 is 33.1 Å². The molecule has 1 N–H and O–H groups in total. The molecule has 4 nitrogen and oxygen atoms in total. The maximum Gasteiger partial charge on any atom is 0.224 e. The minimum Gasteiger partial charge on any atom is -0.351 e. The molecule has 0 bridgehead atoms. The van der Waals surface area contributed by atoms with Crippen molar-refractivity contribution in [2.45, 2.75) is 18.9 Å². The molecule has 3 aromatic rings. The van der Waals surface area contributed by atoms with Crippen LogP contribution in [0.15, 0.2) is 54.0 Å². The average Bonchev–Trinajstić information content (AvgIpc) is 3.26. The van der Waals surface area contributed by atoms with Crippen LogP contribution in [-0.4, -0.2) is 30.0 Å². The fourth-order valence-corrected chi connectivity index (χ4v) is 4.00. The van der Waals surface area contributed by atoms with Gasteiger partial charge in [-0.2, -0.15) is 0 Å². The molecule has 1 aliphatic heterocycles. The molecule has 1 fully saturated rings. The molecule has 4 rings (SSSR count). The third kappa shape index (κ3) is 3.12. The van der Waals surface area contributed by atoms with Crippen molar-refractivity contribution in [3.05, 3.63) is 59.6 Å². The van der Waals surface area contributed by atoms with E-state index >= 15 is 0 Å². The molecule has 1 aromatic heterocycles. The van der Waals surface area contributed by atoms with E-state index in [1.54, 1.807) is 11.3 Å². The Morgan fingerprint density at radius 1 is 1.25 bits per heavy atom. The number of nitrogens with zero attached hydrogens (tertiary/aromatic N) is 2. The normalized spacial score (nSPS) is 17.3. The van der Waals surface area contributed by atoms with Crippen molar-refractivity contribution in [1.29, 1.82) is 0 Å². The van der Waals surface area contributed by atoms with Gasteiger partial charge in [0.2, 0.25) is 5.91 Å². The minimum atomic E-state index is 0.0948. The van der Waals surface area contributed by atoms with E-state index in [1.165, 1.54) is 5.39 Å². The van der Waals surface area contributed by atoms with Crippen molar-refractivity contribution in [2.24, 2.45) is 0 Å². The van der Waals surface area contributed by atoms with Crippen molar-refractivity contribution in [1.82, 2.24) is 10.3 Å². The first-order valence-electron chi connectivity index (χ1n) is 8.20. The number of carbonyl (C=O) groups is 1. The average molecular weight is 337 g/mol. The van der Waals surface area contributed by atoms with Gasteiger partial charge in [-0.1, -0.05) is 42.5 Å². The van der Waals surface area contributed by atoms with Crippen LogP contribution in [0, 0.1) is 0 Å². The number of fused-ring (bicyclic) bond motifs is 1. The van der Waals surface area contributed by atoms with Gasteiger partial charge >= 0.3 is 0 Å². The summed E-state index contributed by atoms with van der Waals surface area (Å²) >= 11 is 1.65. The van der Waals surface area contributed by atoms with Crippen molar-refractivity contribution < 1.29 is 4.79 Å². The van der Waals surface area contributed by atoms with Crippen LogP contribution in [0.5, 0.6) is 0 Å². The lowest BCUT2D eigenvalue weighted by atomic mass is 10.0. The lowest BCUT2D eigenvalue weighted by Gasteiger charge is -2.16. The highest BCUT2D eigenvalue weighted by molar-refractivity contribution is 7.13. The molecule has 1 amide bonds. The van der Waals surface area contributed by atoms with Crippen LogP contribution < -0.4 is 10.2 Å². The fourth-order valence-electron chi connectivity index (χ4n) is 3.32. The number of thiazole rings is 1. The number of hydrogen-bond donors (Lipinski definition) is 1. The molecule has 24 heavy (non-hydrogen) atoms. The summed E-state index contributed by atoms with van der Waals surface area (Å²) in [5.41, 5.74) is 1.08. The van der Waals surface area contributed by atoms with Crippen LogP contribution in [-0.2, 0) is 11.2 Å². The topological polar surface area (TPSA) is 45.2 Å². The van der Waals surface area contributed by atoms with Gasteiger partial charge in [-0.05, 0) is 22.8 Å². The van der Waals surface area contributed by atoms with Crippen LogP contribution in [0.4, 0.5) is 5.13 Å². The van der Waals surface area contributed by atoms with Crippen LogP contribution in [0.3, 0.4) is 0 Å². The smallest absolute Gasteiger partial charge is 0.224 e. The monoisotopic (exact) mass is 337 g/mol. The predicted molar refractivity (Wildman–Crippen MR) is 98.5 cm³/mol. The molecular weight excluding hydrogens is 318 g/mol. The lowest BCUT2D eigenvalue weighted by molar-refractivity contribution is -0.121. The molecule has 1 aliphatic rings. The molecule has 2 heterocycles. The van der Waals surface area contributed by atoms with Crippen molar-refractivity contribution in [3.63, 3.8) is 0 Å². The van der Waals surface area contributed by atoms with Gasteiger partial charge in [-0.15, -0.1) is 11.3 Å². The molecule has 2 aromatic carbocycles. The number of rotatable bonds is 4. The maximum atomic E-state index is 12.5. The third-order valence-corrected chi connectivity index (χ3v) is 5.31. The predicted octanol–water partition coefficient (Wildman–Crippen LogP) is 3.23. The standard InChI is InChI=1S/C19H19N3OS/c23-18(12-15-6-3-5-14-4-1-2-7-17(14)15)21-16-8-10-22(13-16)19-20-9-11-24-19/h1-7,9,11,16H,8,10,12-13H2,(H,21,23). The van der Waals surface area contributed by atoms with Gasteiger partial charge in [0.25, 0.3) is 0 Å². The Kier molecular flexibility index (Phi) is 4.17. The van der Waals surface area contributed by atoms with E-state index in [1.807, 2.05) is 35.8 Å². The number of aromatic nitrogens is 1. The van der Waals surface area contributed by atoms with Crippen molar-refractivity contribution in [3.8, 4) is 0 Å². The first-order chi connectivity index (χ1) is 11.8. The summed E-state index contributed by atoms with van der Waals surface area (Å²) in [5, 5.41) is 8.55. The Morgan fingerprint density at radius 2 is 2.12 bits per heavy atom. The highest BCUT2D eigenvalue weighted by atomic mass is 32.1. The molecular formula is C19H19N3OS. The number of hydrogen-bond acceptors (Lipinski definition) is 4. The summed E-state index contributed by atoms with van der Waals surface area (Å²) in [4.78, 5) is 19.1. The van der Waals surface area contributed by atoms with E-state index in [0.29, 0.717) is 6.42 Å². The first-order valence-corrected chi connectivity index (χ1v) is 9.08. The minimum absolute atomic E-state index is 0.0948. The summed E-state index contributed by atoms with van der Waals surface area (Å²) < 4.78 is 0. The number of benzene rings is 2. The molecule has 0 saturated carbocycles. The number of anilines is 1. The van der Waals surface area contributed by atoms with Crippen LogP contribution in [0.1, 0.15) is 12.0 Å². The third-order valence-electron chi connectivity index (χ3n) is 4.47. The van der Waals surface area contributed by atoms with Crippen LogP contribution in [0.2, 0.25) is 0 Å². The molecule has 122 valence electrons. The van der Waals surface area contributed by atoms with Gasteiger partial charge < -0.3 is 10.2 Å². The van der Waals surface area contributed by atoms with Gasteiger partial charge in [0.1, 0.15) is 0 Å². The molecule has 0 spiro atoms.